The third kappa shape index (κ3) is 3.29. The number of nitriles is 1. The fraction of sp³-hybridized carbons (Fsp3) is 0.136. The molecule has 1 aliphatic heterocycles. The summed E-state index contributed by atoms with van der Waals surface area (Å²) in [6, 6.07) is 16.5. The first-order valence-corrected chi connectivity index (χ1v) is 9.83. The van der Waals surface area contributed by atoms with E-state index < -0.39 is 12.1 Å². The third-order valence-electron chi connectivity index (χ3n) is 4.98. The molecule has 1 aromatic heterocycles. The number of aliphatic hydroxyl groups is 1. The Balaban J connectivity index is 1.69. The summed E-state index contributed by atoms with van der Waals surface area (Å²) in [5.41, 5.74) is 9.31. The predicted octanol–water partition coefficient (Wildman–Crippen LogP) is 3.23. The summed E-state index contributed by atoms with van der Waals surface area (Å²) in [5.74, 6) is -0.848. The maximum absolute atomic E-state index is 13.2. The van der Waals surface area contributed by atoms with Crippen molar-refractivity contribution >= 4 is 23.2 Å². The summed E-state index contributed by atoms with van der Waals surface area (Å²) < 4.78 is 0. The van der Waals surface area contributed by atoms with Crippen LogP contribution in [0, 0.1) is 11.3 Å². The van der Waals surface area contributed by atoms with Crippen LogP contribution in [0.25, 0.3) is 11.1 Å². The van der Waals surface area contributed by atoms with Gasteiger partial charge in [-0.25, -0.2) is 0 Å². The summed E-state index contributed by atoms with van der Waals surface area (Å²) in [4.78, 5) is 26.7. The van der Waals surface area contributed by atoms with Gasteiger partial charge in [0.05, 0.1) is 22.9 Å². The minimum Gasteiger partial charge on any atom is -0.369 e. The summed E-state index contributed by atoms with van der Waals surface area (Å²) in [7, 11) is 0. The summed E-state index contributed by atoms with van der Waals surface area (Å²) in [6.45, 7) is 0.229. The molecule has 1 aliphatic rings. The molecule has 6 nitrogen and oxygen atoms in total. The van der Waals surface area contributed by atoms with E-state index in [1.807, 2.05) is 24.3 Å². The number of hydrogen-bond donors (Lipinski definition) is 2. The minimum atomic E-state index is -1.08. The van der Waals surface area contributed by atoms with Crippen LogP contribution in [0.1, 0.15) is 42.9 Å². The van der Waals surface area contributed by atoms with Gasteiger partial charge in [0.2, 0.25) is 0 Å². The van der Waals surface area contributed by atoms with E-state index in [1.54, 1.807) is 29.6 Å². The minimum absolute atomic E-state index is 0.229. The summed E-state index contributed by atoms with van der Waals surface area (Å²) >= 11 is 1.22. The number of carbonyl (C=O) groups excluding carboxylic acids is 2. The molecule has 2 aromatic carbocycles. The Labute approximate surface area is 171 Å². The molecule has 0 saturated carbocycles. The van der Waals surface area contributed by atoms with Crippen molar-refractivity contribution in [3.63, 3.8) is 0 Å². The van der Waals surface area contributed by atoms with E-state index >= 15 is 0 Å². The molecule has 1 atom stereocenters. The molecule has 0 fully saturated rings. The molecule has 2 heterocycles. The van der Waals surface area contributed by atoms with Crippen molar-refractivity contribution in [1.82, 2.24) is 4.90 Å². The highest BCUT2D eigenvalue weighted by molar-refractivity contribution is 7.12. The number of hydrogen-bond acceptors (Lipinski definition) is 5. The van der Waals surface area contributed by atoms with E-state index in [-0.39, 0.29) is 12.5 Å². The number of benzene rings is 2. The van der Waals surface area contributed by atoms with Crippen LogP contribution in [-0.4, -0.2) is 21.8 Å². The molecular weight excluding hydrogens is 386 g/mol. The lowest BCUT2D eigenvalue weighted by Crippen LogP contribution is -2.27. The SMILES string of the molecule is N#CCc1ccc(CN2C(=O)c3c(-c4ccsc4C(N)=O)cccc3C2O)cc1. The van der Waals surface area contributed by atoms with Gasteiger partial charge in [0.25, 0.3) is 11.8 Å². The van der Waals surface area contributed by atoms with Crippen molar-refractivity contribution in [3.8, 4) is 17.2 Å². The van der Waals surface area contributed by atoms with Gasteiger partial charge >= 0.3 is 0 Å². The molecule has 29 heavy (non-hydrogen) atoms. The van der Waals surface area contributed by atoms with E-state index in [0.717, 1.165) is 11.1 Å². The Morgan fingerprint density at radius 3 is 2.55 bits per heavy atom. The predicted molar refractivity (Wildman–Crippen MR) is 109 cm³/mol. The van der Waals surface area contributed by atoms with Crippen LogP contribution in [0.3, 0.4) is 0 Å². The van der Waals surface area contributed by atoms with Crippen molar-refractivity contribution in [1.29, 1.82) is 5.26 Å². The fourth-order valence-corrected chi connectivity index (χ4v) is 4.35. The fourth-order valence-electron chi connectivity index (χ4n) is 3.59. The number of rotatable bonds is 5. The lowest BCUT2D eigenvalue weighted by atomic mass is 9.96. The van der Waals surface area contributed by atoms with Gasteiger partial charge in [0.1, 0.15) is 0 Å². The standard InChI is InChI=1S/C22H17N3O3S/c23-10-8-13-4-6-14(7-5-13)12-25-21(27)17-3-1-2-15(18(17)22(25)28)16-9-11-29-19(16)20(24)26/h1-7,9,11,21,27H,8,12H2,(H2,24,26). The van der Waals surface area contributed by atoms with Gasteiger partial charge in [0, 0.05) is 17.7 Å². The Hall–Kier alpha value is -3.47. The van der Waals surface area contributed by atoms with Gasteiger partial charge in [-0.15, -0.1) is 11.3 Å². The van der Waals surface area contributed by atoms with Crippen LogP contribution in [-0.2, 0) is 13.0 Å². The average Bonchev–Trinajstić information content (AvgIpc) is 3.30. The van der Waals surface area contributed by atoms with E-state index in [9.17, 15) is 14.7 Å². The van der Waals surface area contributed by atoms with Gasteiger partial charge in [-0.05, 0) is 28.1 Å². The van der Waals surface area contributed by atoms with Crippen LogP contribution < -0.4 is 5.73 Å². The van der Waals surface area contributed by atoms with Gasteiger partial charge in [0.15, 0.2) is 6.23 Å². The van der Waals surface area contributed by atoms with Crippen molar-refractivity contribution < 1.29 is 14.7 Å². The topological polar surface area (TPSA) is 107 Å². The number of nitrogens with two attached hydrogens (primary N) is 1. The maximum Gasteiger partial charge on any atom is 0.259 e. The largest absolute Gasteiger partial charge is 0.369 e. The Kier molecular flexibility index (Phi) is 4.89. The molecule has 7 heteroatoms. The highest BCUT2D eigenvalue weighted by atomic mass is 32.1. The van der Waals surface area contributed by atoms with E-state index in [4.69, 9.17) is 11.0 Å². The van der Waals surface area contributed by atoms with Crippen LogP contribution in [0.4, 0.5) is 0 Å². The molecular formula is C22H17N3O3S. The Morgan fingerprint density at radius 2 is 1.86 bits per heavy atom. The van der Waals surface area contributed by atoms with Gasteiger partial charge in [-0.1, -0.05) is 42.5 Å². The van der Waals surface area contributed by atoms with Crippen LogP contribution in [0.2, 0.25) is 0 Å². The number of carbonyl (C=O) groups is 2. The number of thiophene rings is 1. The lowest BCUT2D eigenvalue weighted by Gasteiger charge is -2.21. The van der Waals surface area contributed by atoms with Gasteiger partial charge < -0.3 is 15.7 Å². The molecule has 0 aliphatic carbocycles. The summed E-state index contributed by atoms with van der Waals surface area (Å²) in [5, 5.41) is 21.3. The Morgan fingerprint density at radius 1 is 1.14 bits per heavy atom. The number of fused-ring (bicyclic) bond motifs is 1. The smallest absolute Gasteiger partial charge is 0.259 e. The van der Waals surface area contributed by atoms with E-state index in [1.165, 1.54) is 16.2 Å². The molecule has 0 spiro atoms. The van der Waals surface area contributed by atoms with E-state index in [2.05, 4.69) is 6.07 Å². The quantitative estimate of drug-likeness (QED) is 0.682. The third-order valence-corrected chi connectivity index (χ3v) is 5.91. The monoisotopic (exact) mass is 403 g/mol. The Bertz CT molecular complexity index is 1140. The first kappa shape index (κ1) is 18.9. The van der Waals surface area contributed by atoms with Crippen LogP contribution >= 0.6 is 11.3 Å². The first-order valence-electron chi connectivity index (χ1n) is 8.95. The van der Waals surface area contributed by atoms with Crippen molar-refractivity contribution in [2.24, 2.45) is 5.73 Å². The second-order valence-electron chi connectivity index (χ2n) is 6.76. The average molecular weight is 403 g/mol. The first-order chi connectivity index (χ1) is 14.0. The highest BCUT2D eigenvalue weighted by Crippen LogP contribution is 2.40. The molecule has 3 N–H and O–H groups in total. The maximum atomic E-state index is 13.2. The molecule has 0 bridgehead atoms. The zero-order valence-electron chi connectivity index (χ0n) is 15.3. The number of aliphatic hydroxyl groups excluding tert-OH is 1. The molecule has 1 unspecified atom stereocenters. The molecule has 144 valence electrons. The van der Waals surface area contributed by atoms with Gasteiger partial charge in [-0.3, -0.25) is 9.59 Å². The van der Waals surface area contributed by atoms with Crippen molar-refractivity contribution in [2.45, 2.75) is 19.2 Å². The number of nitrogens with zero attached hydrogens (tertiary/aromatic N) is 2. The summed E-state index contributed by atoms with van der Waals surface area (Å²) in [6.07, 6.45) is -0.754. The second kappa shape index (κ2) is 7.51. The molecule has 3 aromatic rings. The van der Waals surface area contributed by atoms with Gasteiger partial charge in [-0.2, -0.15) is 5.26 Å². The molecule has 4 rings (SSSR count). The lowest BCUT2D eigenvalue weighted by molar-refractivity contribution is 0.0137. The number of primary amides is 1. The van der Waals surface area contributed by atoms with Crippen LogP contribution in [0.5, 0.6) is 0 Å². The molecule has 0 saturated heterocycles. The number of amides is 2. The second-order valence-corrected chi connectivity index (χ2v) is 7.67. The normalized spacial score (nSPS) is 15.2. The zero-order valence-corrected chi connectivity index (χ0v) is 16.1. The zero-order chi connectivity index (χ0) is 20.5. The van der Waals surface area contributed by atoms with E-state index in [0.29, 0.717) is 33.6 Å². The highest BCUT2D eigenvalue weighted by Gasteiger charge is 2.38. The van der Waals surface area contributed by atoms with Crippen LogP contribution in [0.15, 0.2) is 53.9 Å². The molecule has 2 amide bonds. The molecule has 0 radical (unpaired) electrons. The van der Waals surface area contributed by atoms with Crippen molar-refractivity contribution in [3.05, 3.63) is 81.0 Å². The van der Waals surface area contributed by atoms with Crippen molar-refractivity contribution in [2.75, 3.05) is 0 Å².